The molecule has 25 heavy (non-hydrogen) atoms. The summed E-state index contributed by atoms with van der Waals surface area (Å²) < 4.78 is 15.9. The van der Waals surface area contributed by atoms with Gasteiger partial charge in [-0.15, -0.1) is 0 Å². The number of hydrogen-bond acceptors (Lipinski definition) is 4. The van der Waals surface area contributed by atoms with Crippen LogP contribution in [-0.4, -0.2) is 26.1 Å². The predicted molar refractivity (Wildman–Crippen MR) is 99.8 cm³/mol. The van der Waals surface area contributed by atoms with Gasteiger partial charge in [-0.2, -0.15) is 0 Å². The van der Waals surface area contributed by atoms with Crippen LogP contribution in [0.3, 0.4) is 0 Å². The summed E-state index contributed by atoms with van der Waals surface area (Å²) >= 11 is 0. The summed E-state index contributed by atoms with van der Waals surface area (Å²) in [7, 11) is 3.16. The second-order valence-corrected chi connectivity index (χ2v) is 5.68. The maximum atomic E-state index is 10.6. The molecule has 2 aromatic rings. The lowest BCUT2D eigenvalue weighted by Crippen LogP contribution is -2.07. The van der Waals surface area contributed by atoms with Crippen LogP contribution < -0.4 is 9.47 Å². The first-order chi connectivity index (χ1) is 12.3. The zero-order chi connectivity index (χ0) is 17.9. The quantitative estimate of drug-likeness (QED) is 0.506. The predicted octanol–water partition coefficient (Wildman–Crippen LogP) is 4.60. The van der Waals surface area contributed by atoms with Crippen LogP contribution in [0.25, 0.3) is 6.08 Å². The van der Waals surface area contributed by atoms with Crippen molar-refractivity contribution in [1.82, 2.24) is 0 Å². The van der Waals surface area contributed by atoms with Gasteiger partial charge in [0.1, 0.15) is 11.5 Å². The van der Waals surface area contributed by atoms with Gasteiger partial charge >= 0.3 is 0 Å². The van der Waals surface area contributed by atoms with E-state index in [9.17, 15) is 5.11 Å². The van der Waals surface area contributed by atoms with Crippen molar-refractivity contribution in [1.29, 1.82) is 0 Å². The fraction of sp³-hybridized carbons (Fsp3) is 0.333. The van der Waals surface area contributed by atoms with Gasteiger partial charge in [-0.05, 0) is 37.0 Å². The molecule has 0 aromatic heterocycles. The maximum absolute atomic E-state index is 10.6. The molecular weight excluding hydrogens is 316 g/mol. The Kier molecular flexibility index (Phi) is 8.02. The van der Waals surface area contributed by atoms with Crippen molar-refractivity contribution in [2.24, 2.45) is 0 Å². The van der Waals surface area contributed by atoms with E-state index in [-0.39, 0.29) is 6.79 Å². The third-order valence-corrected chi connectivity index (χ3v) is 3.87. The second kappa shape index (κ2) is 10.5. The van der Waals surface area contributed by atoms with Crippen LogP contribution >= 0.6 is 0 Å². The highest BCUT2D eigenvalue weighted by atomic mass is 16.7. The Morgan fingerprint density at radius 3 is 2.48 bits per heavy atom. The standard InChI is InChI=1S/C21H26O4/c1-23-16-25-20-15-9-14-19(24-2)21(20)18(22)13-8-4-7-12-17-10-5-3-6-11-17/h3,5-7,9-12,14-15,18,22H,4,8,13,16H2,1-2H3/b12-7+. The number of allylic oxidation sites excluding steroid dienone is 1. The number of ether oxygens (including phenoxy) is 3. The van der Waals surface area contributed by atoms with Gasteiger partial charge in [0.25, 0.3) is 0 Å². The molecule has 0 spiro atoms. The lowest BCUT2D eigenvalue weighted by molar-refractivity contribution is 0.0472. The first-order valence-corrected chi connectivity index (χ1v) is 8.44. The van der Waals surface area contributed by atoms with Crippen molar-refractivity contribution in [3.05, 3.63) is 65.7 Å². The molecule has 0 heterocycles. The van der Waals surface area contributed by atoms with Gasteiger partial charge in [-0.3, -0.25) is 0 Å². The smallest absolute Gasteiger partial charge is 0.188 e. The molecule has 2 aromatic carbocycles. The third kappa shape index (κ3) is 5.93. The van der Waals surface area contributed by atoms with Crippen molar-refractivity contribution in [2.45, 2.75) is 25.4 Å². The van der Waals surface area contributed by atoms with Crippen LogP contribution in [0.4, 0.5) is 0 Å². The highest BCUT2D eigenvalue weighted by Gasteiger charge is 2.18. The lowest BCUT2D eigenvalue weighted by Gasteiger charge is -2.18. The number of rotatable bonds is 10. The maximum Gasteiger partial charge on any atom is 0.188 e. The molecule has 0 fully saturated rings. The largest absolute Gasteiger partial charge is 0.496 e. The fourth-order valence-electron chi connectivity index (χ4n) is 2.64. The minimum atomic E-state index is -0.645. The van der Waals surface area contributed by atoms with Gasteiger partial charge in [0.15, 0.2) is 6.79 Å². The summed E-state index contributed by atoms with van der Waals surface area (Å²) in [6.45, 7) is 0.132. The van der Waals surface area contributed by atoms with Crippen LogP contribution in [0.1, 0.15) is 36.5 Å². The Bertz CT molecular complexity index is 652. The van der Waals surface area contributed by atoms with E-state index in [0.29, 0.717) is 23.5 Å². The van der Waals surface area contributed by atoms with Gasteiger partial charge < -0.3 is 19.3 Å². The number of unbranched alkanes of at least 4 members (excludes halogenated alkanes) is 1. The van der Waals surface area contributed by atoms with Crippen LogP contribution in [-0.2, 0) is 4.74 Å². The average Bonchev–Trinajstić information content (AvgIpc) is 2.66. The molecule has 1 N–H and O–H groups in total. The lowest BCUT2D eigenvalue weighted by atomic mass is 10.0. The van der Waals surface area contributed by atoms with Crippen molar-refractivity contribution in [2.75, 3.05) is 21.0 Å². The number of hydrogen-bond donors (Lipinski definition) is 1. The van der Waals surface area contributed by atoms with Crippen molar-refractivity contribution in [3.8, 4) is 11.5 Å². The number of aliphatic hydroxyl groups is 1. The summed E-state index contributed by atoms with van der Waals surface area (Å²) in [5, 5.41) is 10.6. The van der Waals surface area contributed by atoms with E-state index in [0.717, 1.165) is 12.8 Å². The monoisotopic (exact) mass is 342 g/mol. The molecular formula is C21H26O4. The molecule has 1 unspecified atom stereocenters. The van der Waals surface area contributed by atoms with Crippen LogP contribution in [0.2, 0.25) is 0 Å². The number of benzene rings is 2. The minimum Gasteiger partial charge on any atom is -0.496 e. The Morgan fingerprint density at radius 1 is 1.00 bits per heavy atom. The van der Waals surface area contributed by atoms with Crippen molar-refractivity contribution in [3.63, 3.8) is 0 Å². The fourth-order valence-corrected chi connectivity index (χ4v) is 2.64. The van der Waals surface area contributed by atoms with E-state index in [1.807, 2.05) is 36.4 Å². The van der Waals surface area contributed by atoms with E-state index in [4.69, 9.17) is 14.2 Å². The normalized spacial score (nSPS) is 12.3. The van der Waals surface area contributed by atoms with E-state index in [1.54, 1.807) is 14.2 Å². The molecule has 0 saturated heterocycles. The minimum absolute atomic E-state index is 0.132. The van der Waals surface area contributed by atoms with E-state index in [1.165, 1.54) is 5.56 Å². The summed E-state index contributed by atoms with van der Waals surface area (Å²) in [6, 6.07) is 15.7. The molecule has 0 aliphatic heterocycles. The Labute approximate surface area is 149 Å². The first kappa shape index (κ1) is 19.0. The molecule has 0 amide bonds. The van der Waals surface area contributed by atoms with E-state index >= 15 is 0 Å². The molecule has 0 bridgehead atoms. The van der Waals surface area contributed by atoms with Crippen LogP contribution in [0.15, 0.2) is 54.6 Å². The van der Waals surface area contributed by atoms with Gasteiger partial charge in [-0.25, -0.2) is 0 Å². The summed E-state index contributed by atoms with van der Waals surface area (Å²) in [6.07, 6.45) is 5.98. The molecule has 0 aliphatic carbocycles. The highest BCUT2D eigenvalue weighted by molar-refractivity contribution is 5.48. The van der Waals surface area contributed by atoms with Crippen molar-refractivity contribution < 1.29 is 19.3 Å². The van der Waals surface area contributed by atoms with Gasteiger partial charge in [0.05, 0.1) is 18.8 Å². The molecule has 4 nitrogen and oxygen atoms in total. The van der Waals surface area contributed by atoms with Crippen LogP contribution in [0.5, 0.6) is 11.5 Å². The summed E-state index contributed by atoms with van der Waals surface area (Å²) in [5.74, 6) is 1.22. The van der Waals surface area contributed by atoms with Crippen molar-refractivity contribution >= 4 is 6.08 Å². The average molecular weight is 342 g/mol. The number of methoxy groups -OCH3 is 2. The molecule has 4 heteroatoms. The van der Waals surface area contributed by atoms with Gasteiger partial charge in [0.2, 0.25) is 0 Å². The molecule has 0 aliphatic rings. The molecule has 0 saturated carbocycles. The van der Waals surface area contributed by atoms with Gasteiger partial charge in [0, 0.05) is 7.11 Å². The molecule has 0 radical (unpaired) electrons. The Balaban J connectivity index is 1.93. The van der Waals surface area contributed by atoms with Crippen LogP contribution in [0, 0.1) is 0 Å². The summed E-state index contributed by atoms with van der Waals surface area (Å²) in [4.78, 5) is 0. The third-order valence-electron chi connectivity index (χ3n) is 3.87. The zero-order valence-corrected chi connectivity index (χ0v) is 14.9. The topological polar surface area (TPSA) is 47.9 Å². The molecule has 2 rings (SSSR count). The molecule has 134 valence electrons. The second-order valence-electron chi connectivity index (χ2n) is 5.68. The van der Waals surface area contributed by atoms with E-state index < -0.39 is 6.10 Å². The Morgan fingerprint density at radius 2 is 1.76 bits per heavy atom. The van der Waals surface area contributed by atoms with Gasteiger partial charge in [-0.1, -0.05) is 48.6 Å². The van der Waals surface area contributed by atoms with E-state index in [2.05, 4.69) is 24.3 Å². The summed E-state index contributed by atoms with van der Waals surface area (Å²) in [5.41, 5.74) is 1.86. The molecule has 1 atom stereocenters. The first-order valence-electron chi connectivity index (χ1n) is 8.44. The number of aliphatic hydroxyl groups excluding tert-OH is 1. The SMILES string of the molecule is COCOc1cccc(OC)c1C(O)CCC/C=C/c1ccccc1. The zero-order valence-electron chi connectivity index (χ0n) is 14.9. The highest BCUT2D eigenvalue weighted by Crippen LogP contribution is 2.36. The Hall–Kier alpha value is -2.30.